The first-order valence-electron chi connectivity index (χ1n) is 14.1. The number of aryl methyl sites for hydroxylation is 2. The zero-order valence-corrected chi connectivity index (χ0v) is 22.4. The largest absolute Gasteiger partial charge is 0.304 e. The Bertz CT molecular complexity index is 903. The van der Waals surface area contributed by atoms with Crippen LogP contribution in [0.5, 0.6) is 0 Å². The summed E-state index contributed by atoms with van der Waals surface area (Å²) in [4.78, 5) is 5.07. The third kappa shape index (κ3) is 7.55. The van der Waals surface area contributed by atoms with E-state index in [0.29, 0.717) is 0 Å². The highest BCUT2D eigenvalue weighted by Gasteiger charge is 2.07. The molecule has 0 heterocycles. The molecule has 0 N–H and O–H groups in total. The van der Waals surface area contributed by atoms with Gasteiger partial charge in [-0.3, -0.25) is 0 Å². The lowest BCUT2D eigenvalue weighted by molar-refractivity contribution is 0.296. The number of unbranched alkanes of at least 4 members (excludes halogenated alkanes) is 4. The first-order valence-corrected chi connectivity index (χ1v) is 14.1. The third-order valence-corrected chi connectivity index (χ3v) is 7.69. The molecule has 3 aromatic rings. The molecule has 0 amide bonds. The molecule has 0 spiro atoms. The fourth-order valence-electron chi connectivity index (χ4n) is 5.35. The standard InChI is InChI=1S/C32H48N2/c1-5-33(6-2)23-13-9-11-17-27-19-15-21-29-26-32-28(20-16-22-30(32)25-31(27)29)18-12-10-14-24-34(7-3)8-4/h15-16,19-22,25-26H,5-14,17-18,23-24H2,1-4H3. The maximum Gasteiger partial charge on any atom is -0.00190 e. The van der Waals surface area contributed by atoms with Crippen molar-refractivity contribution in [3.63, 3.8) is 0 Å². The first kappa shape index (κ1) is 26.7. The molecule has 0 aliphatic carbocycles. The van der Waals surface area contributed by atoms with Gasteiger partial charge in [0.05, 0.1) is 0 Å². The van der Waals surface area contributed by atoms with Crippen molar-refractivity contribution in [2.75, 3.05) is 39.3 Å². The molecule has 34 heavy (non-hydrogen) atoms. The van der Waals surface area contributed by atoms with Crippen molar-refractivity contribution < 1.29 is 0 Å². The van der Waals surface area contributed by atoms with Gasteiger partial charge in [-0.2, -0.15) is 0 Å². The number of benzene rings is 3. The minimum Gasteiger partial charge on any atom is -0.304 e. The van der Waals surface area contributed by atoms with Crippen LogP contribution in [0.1, 0.15) is 77.3 Å². The lowest BCUT2D eigenvalue weighted by Gasteiger charge is -2.17. The van der Waals surface area contributed by atoms with Crippen molar-refractivity contribution >= 4 is 21.5 Å². The second-order valence-corrected chi connectivity index (χ2v) is 9.80. The lowest BCUT2D eigenvalue weighted by Crippen LogP contribution is -2.23. The molecule has 0 radical (unpaired) electrons. The smallest absolute Gasteiger partial charge is 0.00190 e. The summed E-state index contributed by atoms with van der Waals surface area (Å²) >= 11 is 0. The Morgan fingerprint density at radius 3 is 1.29 bits per heavy atom. The van der Waals surface area contributed by atoms with E-state index in [4.69, 9.17) is 0 Å². The van der Waals surface area contributed by atoms with Crippen molar-refractivity contribution in [3.8, 4) is 0 Å². The van der Waals surface area contributed by atoms with Crippen molar-refractivity contribution in [3.05, 3.63) is 59.7 Å². The maximum absolute atomic E-state index is 2.53. The Kier molecular flexibility index (Phi) is 11.4. The van der Waals surface area contributed by atoms with Crippen LogP contribution in [-0.4, -0.2) is 49.1 Å². The molecule has 0 unspecified atom stereocenters. The average Bonchev–Trinajstić information content (AvgIpc) is 2.87. The molecule has 2 heteroatoms. The van der Waals surface area contributed by atoms with E-state index in [1.807, 2.05) is 0 Å². The Labute approximate surface area is 209 Å². The van der Waals surface area contributed by atoms with E-state index in [1.165, 1.54) is 123 Å². The van der Waals surface area contributed by atoms with Crippen LogP contribution >= 0.6 is 0 Å². The minimum atomic E-state index is 1.17. The molecule has 0 aliphatic heterocycles. The van der Waals surface area contributed by atoms with Crippen LogP contribution in [0.3, 0.4) is 0 Å². The molecule has 0 saturated carbocycles. The van der Waals surface area contributed by atoms with E-state index in [1.54, 1.807) is 0 Å². The highest BCUT2D eigenvalue weighted by molar-refractivity contribution is 6.00. The molecule has 0 bridgehead atoms. The lowest BCUT2D eigenvalue weighted by atomic mass is 9.93. The van der Waals surface area contributed by atoms with Crippen LogP contribution < -0.4 is 0 Å². The van der Waals surface area contributed by atoms with Crippen molar-refractivity contribution in [1.29, 1.82) is 0 Å². The van der Waals surface area contributed by atoms with Gasteiger partial charge in [0.15, 0.2) is 0 Å². The first-order chi connectivity index (χ1) is 16.7. The fourth-order valence-corrected chi connectivity index (χ4v) is 5.35. The van der Waals surface area contributed by atoms with Gasteiger partial charge in [0.25, 0.3) is 0 Å². The zero-order valence-electron chi connectivity index (χ0n) is 22.4. The van der Waals surface area contributed by atoms with Gasteiger partial charge in [-0.1, -0.05) is 76.9 Å². The number of hydrogen-bond acceptors (Lipinski definition) is 2. The summed E-state index contributed by atoms with van der Waals surface area (Å²) in [6, 6.07) is 18.7. The quantitative estimate of drug-likeness (QED) is 0.157. The Morgan fingerprint density at radius 1 is 0.500 bits per heavy atom. The number of nitrogens with zero attached hydrogens (tertiary/aromatic N) is 2. The molecule has 0 aliphatic rings. The van der Waals surface area contributed by atoms with Crippen LogP contribution in [0.15, 0.2) is 48.5 Å². The molecule has 3 rings (SSSR count). The van der Waals surface area contributed by atoms with Gasteiger partial charge >= 0.3 is 0 Å². The molecular weight excluding hydrogens is 412 g/mol. The SMILES string of the molecule is CCN(CC)CCCCCc1cccc2cc3c(CCCCCN(CC)CC)cccc3cc12. The highest BCUT2D eigenvalue weighted by Crippen LogP contribution is 2.29. The summed E-state index contributed by atoms with van der Waals surface area (Å²) < 4.78 is 0. The summed E-state index contributed by atoms with van der Waals surface area (Å²) in [7, 11) is 0. The summed E-state index contributed by atoms with van der Waals surface area (Å²) in [6.07, 6.45) is 10.2. The highest BCUT2D eigenvalue weighted by atomic mass is 15.1. The predicted molar refractivity (Wildman–Crippen MR) is 152 cm³/mol. The fraction of sp³-hybridized carbons (Fsp3) is 0.562. The van der Waals surface area contributed by atoms with E-state index >= 15 is 0 Å². The summed E-state index contributed by atoms with van der Waals surface area (Å²) in [5.41, 5.74) is 3.04. The Hall–Kier alpha value is -1.90. The molecule has 0 aromatic heterocycles. The normalized spacial score (nSPS) is 11.9. The van der Waals surface area contributed by atoms with E-state index < -0.39 is 0 Å². The molecular formula is C32H48N2. The van der Waals surface area contributed by atoms with E-state index in [0.717, 1.165) is 0 Å². The number of hydrogen-bond donors (Lipinski definition) is 0. The van der Waals surface area contributed by atoms with Crippen LogP contribution in [-0.2, 0) is 12.8 Å². The van der Waals surface area contributed by atoms with Gasteiger partial charge in [-0.05, 0) is 123 Å². The van der Waals surface area contributed by atoms with Gasteiger partial charge < -0.3 is 9.80 Å². The number of fused-ring (bicyclic) bond motifs is 2. The van der Waals surface area contributed by atoms with Crippen LogP contribution in [0.4, 0.5) is 0 Å². The molecule has 0 atom stereocenters. The Morgan fingerprint density at radius 2 is 0.912 bits per heavy atom. The van der Waals surface area contributed by atoms with Gasteiger partial charge in [0.2, 0.25) is 0 Å². The van der Waals surface area contributed by atoms with Crippen molar-refractivity contribution in [2.24, 2.45) is 0 Å². The van der Waals surface area contributed by atoms with E-state index in [2.05, 4.69) is 86.0 Å². The molecule has 186 valence electrons. The topological polar surface area (TPSA) is 6.48 Å². The molecule has 2 nitrogen and oxygen atoms in total. The van der Waals surface area contributed by atoms with Gasteiger partial charge in [0.1, 0.15) is 0 Å². The van der Waals surface area contributed by atoms with Crippen LogP contribution in [0.2, 0.25) is 0 Å². The minimum absolute atomic E-state index is 1.17. The second kappa shape index (κ2) is 14.5. The van der Waals surface area contributed by atoms with E-state index in [9.17, 15) is 0 Å². The second-order valence-electron chi connectivity index (χ2n) is 9.80. The van der Waals surface area contributed by atoms with Gasteiger partial charge in [-0.25, -0.2) is 0 Å². The summed E-state index contributed by atoms with van der Waals surface area (Å²) in [5, 5.41) is 5.72. The van der Waals surface area contributed by atoms with E-state index in [-0.39, 0.29) is 0 Å². The average molecular weight is 461 g/mol. The molecule has 0 saturated heterocycles. The monoisotopic (exact) mass is 460 g/mol. The van der Waals surface area contributed by atoms with Crippen LogP contribution in [0.25, 0.3) is 21.5 Å². The van der Waals surface area contributed by atoms with Crippen molar-refractivity contribution in [1.82, 2.24) is 9.80 Å². The Balaban J connectivity index is 1.62. The zero-order chi connectivity index (χ0) is 24.2. The third-order valence-electron chi connectivity index (χ3n) is 7.69. The van der Waals surface area contributed by atoms with Gasteiger partial charge in [-0.15, -0.1) is 0 Å². The molecule has 3 aromatic carbocycles. The predicted octanol–water partition coefficient (Wildman–Crippen LogP) is 8.10. The number of rotatable bonds is 16. The van der Waals surface area contributed by atoms with Crippen molar-refractivity contribution in [2.45, 2.75) is 79.1 Å². The van der Waals surface area contributed by atoms with Gasteiger partial charge in [0, 0.05) is 0 Å². The summed E-state index contributed by atoms with van der Waals surface area (Å²) in [5.74, 6) is 0. The van der Waals surface area contributed by atoms with Crippen LogP contribution in [0, 0.1) is 0 Å². The molecule has 0 fully saturated rings. The summed E-state index contributed by atoms with van der Waals surface area (Å²) in [6.45, 7) is 16.2. The maximum atomic E-state index is 2.53.